The third-order valence-corrected chi connectivity index (χ3v) is 4.99. The number of ether oxygens (including phenoxy) is 1. The van der Waals surface area contributed by atoms with E-state index in [1.807, 2.05) is 54.6 Å². The van der Waals surface area contributed by atoms with Crippen LogP contribution < -0.4 is 4.90 Å². The number of nitrogens with zero attached hydrogens (tertiary/aromatic N) is 1. The number of amides is 1. The zero-order valence-electron chi connectivity index (χ0n) is 13.3. The van der Waals surface area contributed by atoms with Gasteiger partial charge in [0.25, 0.3) is 0 Å². The van der Waals surface area contributed by atoms with Crippen LogP contribution in [0.5, 0.6) is 0 Å². The summed E-state index contributed by atoms with van der Waals surface area (Å²) in [5, 5.41) is 0.964. The molecule has 3 aromatic rings. The maximum Gasteiger partial charge on any atom is 0.326 e. The highest BCUT2D eigenvalue weighted by Crippen LogP contribution is 2.34. The first kappa shape index (κ1) is 15.8. The topological polar surface area (TPSA) is 59.8 Å². The Kier molecular flexibility index (Phi) is 4.19. The molecule has 6 heteroatoms. The molecule has 2 aromatic carbocycles. The van der Waals surface area contributed by atoms with E-state index in [0.29, 0.717) is 11.5 Å². The molecule has 0 fully saturated rings. The van der Waals surface area contributed by atoms with Crippen LogP contribution in [0, 0.1) is 0 Å². The Labute approximate surface area is 148 Å². The zero-order valence-corrected chi connectivity index (χ0v) is 14.1. The van der Waals surface area contributed by atoms with Gasteiger partial charge in [0, 0.05) is 10.3 Å². The molecule has 2 heterocycles. The van der Waals surface area contributed by atoms with Gasteiger partial charge in [-0.2, -0.15) is 0 Å². The van der Waals surface area contributed by atoms with Crippen molar-refractivity contribution in [2.24, 2.45) is 0 Å². The third-order valence-electron chi connectivity index (χ3n) is 3.95. The summed E-state index contributed by atoms with van der Waals surface area (Å²) in [5.74, 6) is 0.351. The molecule has 0 N–H and O–H groups in total. The lowest BCUT2D eigenvalue weighted by Crippen LogP contribution is -2.39. The first-order valence-corrected chi connectivity index (χ1v) is 8.84. The van der Waals surface area contributed by atoms with E-state index in [1.54, 1.807) is 0 Å². The predicted molar refractivity (Wildman–Crippen MR) is 95.5 cm³/mol. The van der Waals surface area contributed by atoms with Gasteiger partial charge in [0.05, 0.1) is 11.4 Å². The van der Waals surface area contributed by atoms with Crippen LogP contribution in [-0.2, 0) is 20.9 Å². The number of hydrogen-bond donors (Lipinski definition) is 0. The number of anilines is 1. The molecule has 0 atom stereocenters. The van der Waals surface area contributed by atoms with E-state index in [9.17, 15) is 9.59 Å². The van der Waals surface area contributed by atoms with Crippen molar-refractivity contribution in [3.63, 3.8) is 0 Å². The van der Waals surface area contributed by atoms with E-state index in [2.05, 4.69) is 0 Å². The molecule has 0 saturated heterocycles. The third kappa shape index (κ3) is 3.25. The van der Waals surface area contributed by atoms with E-state index in [1.165, 1.54) is 16.7 Å². The zero-order chi connectivity index (χ0) is 17.2. The number of esters is 1. The number of furan rings is 1. The highest BCUT2D eigenvalue weighted by molar-refractivity contribution is 8.00. The first-order chi connectivity index (χ1) is 12.2. The van der Waals surface area contributed by atoms with Crippen LogP contribution >= 0.6 is 11.8 Å². The summed E-state index contributed by atoms with van der Waals surface area (Å²) in [4.78, 5) is 26.8. The standard InChI is InChI=1S/C19H15NO4S/c21-18-12-25-17-8-4-2-6-15(17)20(18)10-19(22)23-11-14-9-13-5-1-3-7-16(13)24-14/h1-9H,10-12H2. The Bertz CT molecular complexity index is 916. The predicted octanol–water partition coefficient (Wildman–Crippen LogP) is 3.61. The highest BCUT2D eigenvalue weighted by Gasteiger charge is 2.26. The van der Waals surface area contributed by atoms with E-state index in [0.717, 1.165) is 21.6 Å². The minimum Gasteiger partial charge on any atom is -0.457 e. The lowest BCUT2D eigenvalue weighted by Gasteiger charge is -2.27. The SMILES string of the molecule is O=C(CN1C(=O)CSc2ccccc21)OCc1cc2ccccc2o1. The monoisotopic (exact) mass is 353 g/mol. The fraction of sp³-hybridized carbons (Fsp3) is 0.158. The van der Waals surface area contributed by atoms with Crippen molar-refractivity contribution in [2.45, 2.75) is 11.5 Å². The van der Waals surface area contributed by atoms with Crippen LogP contribution in [-0.4, -0.2) is 24.2 Å². The number of benzene rings is 2. The summed E-state index contributed by atoms with van der Waals surface area (Å²) >= 11 is 1.48. The van der Waals surface area contributed by atoms with Gasteiger partial charge in [0.15, 0.2) is 0 Å². The van der Waals surface area contributed by atoms with E-state index in [-0.39, 0.29) is 19.1 Å². The second-order valence-corrected chi connectivity index (χ2v) is 6.66. The summed E-state index contributed by atoms with van der Waals surface area (Å²) in [6, 6.07) is 17.0. The molecule has 1 aromatic heterocycles. The van der Waals surface area contributed by atoms with Crippen LogP contribution in [0.15, 0.2) is 63.9 Å². The Morgan fingerprint density at radius 3 is 2.84 bits per heavy atom. The van der Waals surface area contributed by atoms with Crippen LogP contribution in [0.1, 0.15) is 5.76 Å². The molecule has 0 radical (unpaired) electrons. The molecule has 5 nitrogen and oxygen atoms in total. The number of rotatable bonds is 4. The van der Waals surface area contributed by atoms with Gasteiger partial charge in [-0.15, -0.1) is 11.8 Å². The number of fused-ring (bicyclic) bond motifs is 2. The van der Waals surface area contributed by atoms with Gasteiger partial charge in [0.1, 0.15) is 24.5 Å². The van der Waals surface area contributed by atoms with Crippen LogP contribution in [0.4, 0.5) is 5.69 Å². The summed E-state index contributed by atoms with van der Waals surface area (Å²) in [5.41, 5.74) is 1.51. The van der Waals surface area contributed by atoms with Gasteiger partial charge < -0.3 is 9.15 Å². The molecule has 25 heavy (non-hydrogen) atoms. The van der Waals surface area contributed by atoms with Gasteiger partial charge in [-0.1, -0.05) is 30.3 Å². The van der Waals surface area contributed by atoms with Gasteiger partial charge >= 0.3 is 5.97 Å². The lowest BCUT2D eigenvalue weighted by atomic mass is 10.2. The largest absolute Gasteiger partial charge is 0.457 e. The van der Waals surface area contributed by atoms with Crippen molar-refractivity contribution in [1.82, 2.24) is 0 Å². The van der Waals surface area contributed by atoms with E-state index < -0.39 is 5.97 Å². The van der Waals surface area contributed by atoms with Crippen molar-refractivity contribution >= 4 is 40.3 Å². The van der Waals surface area contributed by atoms with E-state index in [4.69, 9.17) is 9.15 Å². The summed E-state index contributed by atoms with van der Waals surface area (Å²) in [6.07, 6.45) is 0. The maximum absolute atomic E-state index is 12.2. The van der Waals surface area contributed by atoms with Gasteiger partial charge in [0.2, 0.25) is 5.91 Å². The Hall–Kier alpha value is -2.73. The number of carbonyl (C=O) groups is 2. The summed E-state index contributed by atoms with van der Waals surface area (Å²) in [7, 11) is 0. The number of para-hydroxylation sites is 2. The van der Waals surface area contributed by atoms with Gasteiger partial charge in [-0.3, -0.25) is 14.5 Å². The van der Waals surface area contributed by atoms with Crippen molar-refractivity contribution in [3.05, 3.63) is 60.4 Å². The second-order valence-electron chi connectivity index (χ2n) is 5.65. The molecular weight excluding hydrogens is 338 g/mol. The van der Waals surface area contributed by atoms with Crippen molar-refractivity contribution in [1.29, 1.82) is 0 Å². The molecule has 126 valence electrons. The smallest absolute Gasteiger partial charge is 0.326 e. The number of carbonyl (C=O) groups excluding carboxylic acids is 2. The lowest BCUT2D eigenvalue weighted by molar-refractivity contribution is -0.144. The number of thioether (sulfide) groups is 1. The van der Waals surface area contributed by atoms with Crippen molar-refractivity contribution in [2.75, 3.05) is 17.2 Å². The number of hydrogen-bond acceptors (Lipinski definition) is 5. The molecule has 0 spiro atoms. The average molecular weight is 353 g/mol. The van der Waals surface area contributed by atoms with Gasteiger partial charge in [-0.25, -0.2) is 0 Å². The minimum atomic E-state index is -0.462. The molecule has 1 aliphatic heterocycles. The molecule has 1 amide bonds. The normalized spacial score (nSPS) is 13.8. The molecule has 0 saturated carbocycles. The molecular formula is C19H15NO4S. The average Bonchev–Trinajstić information content (AvgIpc) is 3.05. The molecule has 0 unspecified atom stereocenters. The fourth-order valence-corrected chi connectivity index (χ4v) is 3.70. The molecule has 0 bridgehead atoms. The minimum absolute atomic E-state index is 0.0476. The maximum atomic E-state index is 12.2. The Balaban J connectivity index is 1.43. The molecule has 4 rings (SSSR count). The Morgan fingerprint density at radius 2 is 1.96 bits per heavy atom. The highest BCUT2D eigenvalue weighted by atomic mass is 32.2. The van der Waals surface area contributed by atoms with Crippen LogP contribution in [0.3, 0.4) is 0 Å². The quantitative estimate of drug-likeness (QED) is 0.671. The summed E-state index contributed by atoms with van der Waals surface area (Å²) < 4.78 is 10.9. The van der Waals surface area contributed by atoms with Crippen molar-refractivity contribution < 1.29 is 18.7 Å². The first-order valence-electron chi connectivity index (χ1n) is 7.86. The molecule has 1 aliphatic rings. The molecule has 0 aliphatic carbocycles. The van der Waals surface area contributed by atoms with Crippen LogP contribution in [0.2, 0.25) is 0 Å². The van der Waals surface area contributed by atoms with Crippen LogP contribution in [0.25, 0.3) is 11.0 Å². The van der Waals surface area contributed by atoms with Crippen molar-refractivity contribution in [3.8, 4) is 0 Å². The van der Waals surface area contributed by atoms with Gasteiger partial charge in [-0.05, 0) is 24.3 Å². The van der Waals surface area contributed by atoms with E-state index >= 15 is 0 Å². The second kappa shape index (κ2) is 6.64. The fourth-order valence-electron chi connectivity index (χ4n) is 2.76. The summed E-state index contributed by atoms with van der Waals surface area (Å²) in [6.45, 7) is -0.0530. The Morgan fingerprint density at radius 1 is 1.16 bits per heavy atom.